The number of pyridine rings is 1. The Hall–Kier alpha value is -0.0600. The first kappa shape index (κ1) is 14.0. The maximum atomic E-state index is 4.39. The number of thioether (sulfide) groups is 1. The van der Waals surface area contributed by atoms with E-state index < -0.39 is 0 Å². The zero-order valence-electron chi connectivity index (χ0n) is 10.1. The van der Waals surface area contributed by atoms with Crippen molar-refractivity contribution in [1.82, 2.24) is 9.88 Å². The van der Waals surface area contributed by atoms with E-state index in [0.29, 0.717) is 6.04 Å². The van der Waals surface area contributed by atoms with Gasteiger partial charge in [-0.2, -0.15) is 11.8 Å². The molecule has 90 valence electrons. The lowest BCUT2D eigenvalue weighted by Crippen LogP contribution is -2.29. The van der Waals surface area contributed by atoms with Crippen LogP contribution in [0.15, 0.2) is 22.8 Å². The summed E-state index contributed by atoms with van der Waals surface area (Å²) in [6, 6.07) is 4.72. The molecule has 1 heterocycles. The topological polar surface area (TPSA) is 16.1 Å². The fourth-order valence-electron chi connectivity index (χ4n) is 1.42. The summed E-state index contributed by atoms with van der Waals surface area (Å²) in [7, 11) is 2.16. The van der Waals surface area contributed by atoms with Crippen LogP contribution in [0.4, 0.5) is 0 Å². The largest absolute Gasteiger partial charge is 0.298 e. The molecular weight excluding hydrogens is 284 g/mol. The molecule has 0 aliphatic rings. The SMILES string of the molecule is CSCCC(C)N(C)Cc1ccc(Br)cn1. The van der Waals surface area contributed by atoms with Crippen LogP contribution in [-0.4, -0.2) is 35.0 Å². The maximum absolute atomic E-state index is 4.39. The lowest BCUT2D eigenvalue weighted by atomic mass is 10.2. The van der Waals surface area contributed by atoms with E-state index in [9.17, 15) is 0 Å². The monoisotopic (exact) mass is 302 g/mol. The first-order valence-corrected chi connectivity index (χ1v) is 7.61. The highest BCUT2D eigenvalue weighted by Crippen LogP contribution is 2.11. The fourth-order valence-corrected chi connectivity index (χ4v) is 2.23. The van der Waals surface area contributed by atoms with Crippen LogP contribution >= 0.6 is 27.7 Å². The summed E-state index contributed by atoms with van der Waals surface area (Å²) in [5, 5.41) is 0. The molecule has 1 unspecified atom stereocenters. The van der Waals surface area contributed by atoms with Crippen LogP contribution in [0, 0.1) is 0 Å². The summed E-state index contributed by atoms with van der Waals surface area (Å²) in [5.41, 5.74) is 1.13. The standard InChI is InChI=1S/C12H19BrN2S/c1-10(6-7-16-3)15(2)9-12-5-4-11(13)8-14-12/h4-5,8,10H,6-7,9H2,1-3H3. The third-order valence-corrected chi connectivity index (χ3v) is 3.81. The van der Waals surface area contributed by atoms with E-state index in [2.05, 4.69) is 52.1 Å². The van der Waals surface area contributed by atoms with E-state index in [1.165, 1.54) is 12.2 Å². The van der Waals surface area contributed by atoms with Crippen LogP contribution < -0.4 is 0 Å². The van der Waals surface area contributed by atoms with Gasteiger partial charge in [0.05, 0.1) is 5.69 Å². The van der Waals surface area contributed by atoms with Crippen molar-refractivity contribution >= 4 is 27.7 Å². The Morgan fingerprint density at radius 3 is 2.81 bits per heavy atom. The second-order valence-electron chi connectivity index (χ2n) is 4.01. The average molecular weight is 303 g/mol. The van der Waals surface area contributed by atoms with Gasteiger partial charge in [-0.1, -0.05) is 0 Å². The fraction of sp³-hybridized carbons (Fsp3) is 0.583. The van der Waals surface area contributed by atoms with Crippen molar-refractivity contribution < 1.29 is 0 Å². The van der Waals surface area contributed by atoms with Gasteiger partial charge in [-0.25, -0.2) is 0 Å². The molecule has 0 aromatic carbocycles. The van der Waals surface area contributed by atoms with E-state index in [1.54, 1.807) is 0 Å². The summed E-state index contributed by atoms with van der Waals surface area (Å²) < 4.78 is 1.04. The molecular formula is C12H19BrN2S. The lowest BCUT2D eigenvalue weighted by molar-refractivity contribution is 0.242. The molecule has 0 amide bonds. The van der Waals surface area contributed by atoms with Gasteiger partial charge >= 0.3 is 0 Å². The molecule has 0 bridgehead atoms. The van der Waals surface area contributed by atoms with Gasteiger partial charge in [0.25, 0.3) is 0 Å². The minimum absolute atomic E-state index is 0.609. The van der Waals surface area contributed by atoms with Gasteiger partial charge in [-0.05, 0) is 60.5 Å². The van der Waals surface area contributed by atoms with Crippen LogP contribution in [0.3, 0.4) is 0 Å². The van der Waals surface area contributed by atoms with Gasteiger partial charge in [0.2, 0.25) is 0 Å². The van der Waals surface area contributed by atoms with Crippen molar-refractivity contribution in [2.45, 2.75) is 25.9 Å². The average Bonchev–Trinajstić information content (AvgIpc) is 2.29. The van der Waals surface area contributed by atoms with Gasteiger partial charge in [-0.3, -0.25) is 9.88 Å². The van der Waals surface area contributed by atoms with Crippen LogP contribution in [0.1, 0.15) is 19.0 Å². The summed E-state index contributed by atoms with van der Waals surface area (Å²) in [6.45, 7) is 3.19. The highest BCUT2D eigenvalue weighted by Gasteiger charge is 2.09. The molecule has 4 heteroatoms. The zero-order valence-corrected chi connectivity index (χ0v) is 12.5. The highest BCUT2D eigenvalue weighted by molar-refractivity contribution is 9.10. The van der Waals surface area contributed by atoms with Crippen LogP contribution in [-0.2, 0) is 6.54 Å². The smallest absolute Gasteiger partial charge is 0.0544 e. The summed E-state index contributed by atoms with van der Waals surface area (Å²) in [4.78, 5) is 6.74. The molecule has 1 rings (SSSR count). The lowest BCUT2D eigenvalue weighted by Gasteiger charge is -2.24. The number of rotatable bonds is 6. The number of hydrogen-bond acceptors (Lipinski definition) is 3. The van der Waals surface area contributed by atoms with E-state index in [4.69, 9.17) is 0 Å². The van der Waals surface area contributed by atoms with Gasteiger partial charge < -0.3 is 0 Å². The minimum atomic E-state index is 0.609. The summed E-state index contributed by atoms with van der Waals surface area (Å²) in [5.74, 6) is 1.22. The molecule has 0 saturated heterocycles. The van der Waals surface area contributed by atoms with Crippen molar-refractivity contribution in [2.24, 2.45) is 0 Å². The number of halogens is 1. The van der Waals surface area contributed by atoms with E-state index in [0.717, 1.165) is 16.7 Å². The molecule has 0 N–H and O–H groups in total. The predicted octanol–water partition coefficient (Wildman–Crippen LogP) is 3.42. The van der Waals surface area contributed by atoms with Gasteiger partial charge in [0.1, 0.15) is 0 Å². The quantitative estimate of drug-likeness (QED) is 0.801. The Balaban J connectivity index is 2.43. The Morgan fingerprint density at radius 2 is 2.25 bits per heavy atom. The summed E-state index contributed by atoms with van der Waals surface area (Å²) >= 11 is 5.30. The first-order chi connectivity index (χ1) is 7.63. The minimum Gasteiger partial charge on any atom is -0.298 e. The number of nitrogens with zero attached hydrogens (tertiary/aromatic N) is 2. The van der Waals surface area contributed by atoms with E-state index >= 15 is 0 Å². The van der Waals surface area contributed by atoms with Crippen molar-refractivity contribution in [3.8, 4) is 0 Å². The molecule has 0 aliphatic heterocycles. The molecule has 0 aliphatic carbocycles. The second-order valence-corrected chi connectivity index (χ2v) is 5.91. The third-order valence-electron chi connectivity index (χ3n) is 2.69. The first-order valence-electron chi connectivity index (χ1n) is 5.43. The van der Waals surface area contributed by atoms with Crippen molar-refractivity contribution in [3.05, 3.63) is 28.5 Å². The number of aromatic nitrogens is 1. The van der Waals surface area contributed by atoms with Crippen molar-refractivity contribution in [2.75, 3.05) is 19.1 Å². The molecule has 0 fully saturated rings. The molecule has 1 aromatic rings. The molecule has 0 saturated carbocycles. The third kappa shape index (κ3) is 4.85. The Labute approximate surface area is 111 Å². The Bertz CT molecular complexity index is 302. The second kappa shape index (κ2) is 7.30. The van der Waals surface area contributed by atoms with Crippen LogP contribution in [0.25, 0.3) is 0 Å². The van der Waals surface area contributed by atoms with Gasteiger partial charge in [0.15, 0.2) is 0 Å². The molecule has 16 heavy (non-hydrogen) atoms. The maximum Gasteiger partial charge on any atom is 0.0544 e. The van der Waals surface area contributed by atoms with Crippen molar-refractivity contribution in [3.63, 3.8) is 0 Å². The van der Waals surface area contributed by atoms with Crippen molar-refractivity contribution in [1.29, 1.82) is 0 Å². The van der Waals surface area contributed by atoms with Gasteiger partial charge in [-0.15, -0.1) is 0 Å². The molecule has 0 spiro atoms. The predicted molar refractivity (Wildman–Crippen MR) is 75.9 cm³/mol. The molecule has 1 atom stereocenters. The number of hydrogen-bond donors (Lipinski definition) is 0. The molecule has 2 nitrogen and oxygen atoms in total. The van der Waals surface area contributed by atoms with Crippen LogP contribution in [0.2, 0.25) is 0 Å². The zero-order chi connectivity index (χ0) is 12.0. The van der Waals surface area contributed by atoms with E-state index in [1.807, 2.05) is 24.0 Å². The van der Waals surface area contributed by atoms with Crippen LogP contribution in [0.5, 0.6) is 0 Å². The normalized spacial score (nSPS) is 13.1. The van der Waals surface area contributed by atoms with Gasteiger partial charge in [0, 0.05) is 23.3 Å². The van der Waals surface area contributed by atoms with E-state index in [-0.39, 0.29) is 0 Å². The highest BCUT2D eigenvalue weighted by atomic mass is 79.9. The molecule has 1 aromatic heterocycles. The molecule has 0 radical (unpaired) electrons. The summed E-state index contributed by atoms with van der Waals surface area (Å²) in [6.07, 6.45) is 5.24. The Morgan fingerprint density at radius 1 is 1.50 bits per heavy atom. The Kier molecular flexibility index (Phi) is 6.39.